The molecule has 1 amide bonds. The van der Waals surface area contributed by atoms with Crippen molar-refractivity contribution in [1.82, 2.24) is 15.2 Å². The summed E-state index contributed by atoms with van der Waals surface area (Å²) in [4.78, 5) is 30.9. The van der Waals surface area contributed by atoms with Crippen LogP contribution in [0.1, 0.15) is 33.4 Å². The van der Waals surface area contributed by atoms with Gasteiger partial charge in [0, 0.05) is 23.0 Å². The number of rotatable bonds is 9. The van der Waals surface area contributed by atoms with Gasteiger partial charge in [0.25, 0.3) is 0 Å². The molecule has 0 aliphatic carbocycles. The predicted octanol–water partition coefficient (Wildman–Crippen LogP) is 6.26. The number of alkyl halides is 3. The second-order valence-corrected chi connectivity index (χ2v) is 10.1. The van der Waals surface area contributed by atoms with Crippen molar-refractivity contribution in [2.75, 3.05) is 0 Å². The summed E-state index contributed by atoms with van der Waals surface area (Å²) >= 11 is 1.49. The average molecular weight is 552 g/mol. The monoisotopic (exact) mass is 551 g/mol. The lowest BCUT2D eigenvalue weighted by atomic mass is 10.0. The lowest BCUT2D eigenvalue weighted by molar-refractivity contribution is -0.138. The van der Waals surface area contributed by atoms with Gasteiger partial charge in [-0.2, -0.15) is 13.2 Å². The molecule has 1 atom stereocenters. The van der Waals surface area contributed by atoms with Crippen molar-refractivity contribution in [3.63, 3.8) is 0 Å². The number of hydrogen-bond donors (Lipinski definition) is 2. The standard InChI is InChI=1S/C29H24F3N3O3S/c30-29(31,32)22-5-1-4-21(15-22)27(33-16-19-8-10-25-20(14-19)9-11-26(36)34-25)28(37)35(17-23-6-2-12-38-23)18-24-7-3-13-39-24/h1-15,27,33H,16-18H2,(H,34,36). The van der Waals surface area contributed by atoms with E-state index in [2.05, 4.69) is 10.3 Å². The second-order valence-electron chi connectivity index (χ2n) is 9.03. The molecule has 5 aromatic rings. The number of nitrogens with one attached hydrogen (secondary N) is 2. The van der Waals surface area contributed by atoms with Crippen molar-refractivity contribution < 1.29 is 22.4 Å². The molecule has 2 aromatic carbocycles. The molecular formula is C29H24F3N3O3S. The second kappa shape index (κ2) is 11.3. The Morgan fingerprint density at radius 3 is 2.62 bits per heavy atom. The van der Waals surface area contributed by atoms with Gasteiger partial charge in [-0.05, 0) is 70.4 Å². The molecule has 0 aliphatic heterocycles. The zero-order valence-electron chi connectivity index (χ0n) is 20.6. The van der Waals surface area contributed by atoms with Crippen LogP contribution in [0.25, 0.3) is 10.9 Å². The van der Waals surface area contributed by atoms with Gasteiger partial charge in [0.2, 0.25) is 11.5 Å². The molecular weight excluding hydrogens is 527 g/mol. The number of carbonyl (C=O) groups excluding carboxylic acids is 1. The third-order valence-corrected chi connectivity index (χ3v) is 7.12. The molecule has 0 spiro atoms. The summed E-state index contributed by atoms with van der Waals surface area (Å²) in [5.41, 5.74) is 0.624. The van der Waals surface area contributed by atoms with Crippen molar-refractivity contribution >= 4 is 28.1 Å². The number of thiophene rings is 1. The summed E-state index contributed by atoms with van der Waals surface area (Å²) < 4.78 is 46.2. The average Bonchev–Trinajstić information content (AvgIpc) is 3.63. The van der Waals surface area contributed by atoms with Crippen LogP contribution in [0.4, 0.5) is 13.2 Å². The number of nitrogens with zero attached hydrogens (tertiary/aromatic N) is 1. The van der Waals surface area contributed by atoms with Gasteiger partial charge >= 0.3 is 6.18 Å². The molecule has 0 saturated carbocycles. The molecule has 5 rings (SSSR count). The van der Waals surface area contributed by atoms with E-state index in [4.69, 9.17) is 4.42 Å². The van der Waals surface area contributed by atoms with Crippen molar-refractivity contribution in [1.29, 1.82) is 0 Å². The lowest BCUT2D eigenvalue weighted by Gasteiger charge is -2.28. The van der Waals surface area contributed by atoms with Crippen LogP contribution < -0.4 is 10.9 Å². The Morgan fingerprint density at radius 2 is 1.87 bits per heavy atom. The van der Waals surface area contributed by atoms with Gasteiger partial charge in [0.15, 0.2) is 0 Å². The number of amides is 1. The highest BCUT2D eigenvalue weighted by molar-refractivity contribution is 7.09. The molecule has 0 radical (unpaired) electrons. The zero-order valence-corrected chi connectivity index (χ0v) is 21.4. The number of H-pyrrole nitrogens is 1. The van der Waals surface area contributed by atoms with Crippen LogP contribution in [0.5, 0.6) is 0 Å². The van der Waals surface area contributed by atoms with Gasteiger partial charge in [0.1, 0.15) is 11.8 Å². The Morgan fingerprint density at radius 1 is 1.00 bits per heavy atom. The highest BCUT2D eigenvalue weighted by Crippen LogP contribution is 2.32. The Bertz CT molecular complexity index is 1580. The van der Waals surface area contributed by atoms with Crippen LogP contribution in [0.15, 0.2) is 99.7 Å². The minimum atomic E-state index is -4.55. The van der Waals surface area contributed by atoms with Crippen LogP contribution in [-0.4, -0.2) is 15.8 Å². The number of pyridine rings is 1. The van der Waals surface area contributed by atoms with Crippen molar-refractivity contribution in [3.05, 3.63) is 128 Å². The van der Waals surface area contributed by atoms with E-state index < -0.39 is 17.8 Å². The maximum atomic E-state index is 14.0. The van der Waals surface area contributed by atoms with E-state index in [1.807, 2.05) is 23.6 Å². The first kappa shape index (κ1) is 26.5. The van der Waals surface area contributed by atoms with Crippen molar-refractivity contribution in [2.45, 2.75) is 31.9 Å². The number of aromatic amines is 1. The number of hydrogen-bond acceptors (Lipinski definition) is 5. The molecule has 0 saturated heterocycles. The number of furan rings is 1. The molecule has 10 heteroatoms. The quantitative estimate of drug-likeness (QED) is 0.227. The van der Waals surface area contributed by atoms with Gasteiger partial charge in [-0.3, -0.25) is 14.9 Å². The molecule has 0 bridgehead atoms. The largest absolute Gasteiger partial charge is 0.467 e. The topological polar surface area (TPSA) is 78.3 Å². The summed E-state index contributed by atoms with van der Waals surface area (Å²) in [5, 5.41) is 5.89. The Kier molecular flexibility index (Phi) is 7.67. The first-order chi connectivity index (χ1) is 18.8. The smallest absolute Gasteiger partial charge is 0.416 e. The molecule has 1 unspecified atom stereocenters. The van der Waals surface area contributed by atoms with Gasteiger partial charge in [-0.15, -0.1) is 11.3 Å². The molecule has 200 valence electrons. The molecule has 39 heavy (non-hydrogen) atoms. The number of fused-ring (bicyclic) bond motifs is 1. The van der Waals surface area contributed by atoms with E-state index in [1.165, 1.54) is 35.8 Å². The maximum absolute atomic E-state index is 14.0. The van der Waals surface area contributed by atoms with Crippen LogP contribution in [-0.2, 0) is 30.6 Å². The van der Waals surface area contributed by atoms with E-state index in [0.29, 0.717) is 11.3 Å². The van der Waals surface area contributed by atoms with E-state index in [9.17, 15) is 22.8 Å². The highest BCUT2D eigenvalue weighted by atomic mass is 32.1. The fraction of sp³-hybridized carbons (Fsp3) is 0.172. The van der Waals surface area contributed by atoms with Crippen LogP contribution in [0, 0.1) is 0 Å². The Hall–Kier alpha value is -4.15. The molecule has 2 N–H and O–H groups in total. The number of halogens is 3. The molecule has 0 aliphatic rings. The summed E-state index contributed by atoms with van der Waals surface area (Å²) in [5.74, 6) is 0.176. The van der Waals surface area contributed by atoms with Crippen LogP contribution >= 0.6 is 11.3 Å². The van der Waals surface area contributed by atoms with E-state index in [0.717, 1.165) is 28.0 Å². The maximum Gasteiger partial charge on any atom is 0.416 e. The number of benzene rings is 2. The summed E-state index contributed by atoms with van der Waals surface area (Å²) in [7, 11) is 0. The van der Waals surface area contributed by atoms with Gasteiger partial charge in [-0.1, -0.05) is 24.3 Å². The summed E-state index contributed by atoms with van der Waals surface area (Å²) in [6.45, 7) is 0.636. The highest BCUT2D eigenvalue weighted by Gasteiger charge is 2.33. The van der Waals surface area contributed by atoms with Gasteiger partial charge < -0.3 is 14.3 Å². The van der Waals surface area contributed by atoms with E-state index >= 15 is 0 Å². The zero-order chi connectivity index (χ0) is 27.4. The normalized spacial score (nSPS) is 12.5. The first-order valence-electron chi connectivity index (χ1n) is 12.1. The molecule has 3 heterocycles. The Balaban J connectivity index is 1.48. The molecule has 3 aromatic heterocycles. The summed E-state index contributed by atoms with van der Waals surface area (Å²) in [6.07, 6.45) is -3.04. The minimum Gasteiger partial charge on any atom is -0.467 e. The predicted molar refractivity (Wildman–Crippen MR) is 143 cm³/mol. The molecule has 6 nitrogen and oxygen atoms in total. The summed E-state index contributed by atoms with van der Waals surface area (Å²) in [6, 6.07) is 19.5. The minimum absolute atomic E-state index is 0.157. The van der Waals surface area contributed by atoms with Crippen LogP contribution in [0.3, 0.4) is 0 Å². The number of aromatic nitrogens is 1. The molecule has 0 fully saturated rings. The third kappa shape index (κ3) is 6.47. The van der Waals surface area contributed by atoms with Crippen molar-refractivity contribution in [2.24, 2.45) is 0 Å². The lowest BCUT2D eigenvalue weighted by Crippen LogP contribution is -2.40. The van der Waals surface area contributed by atoms with Gasteiger partial charge in [-0.25, -0.2) is 0 Å². The number of carbonyl (C=O) groups is 1. The fourth-order valence-corrected chi connectivity index (χ4v) is 5.07. The van der Waals surface area contributed by atoms with E-state index in [-0.39, 0.29) is 36.7 Å². The SMILES string of the molecule is O=C(C(NCc1ccc2[nH]c(=O)ccc2c1)c1cccc(C(F)(F)F)c1)N(Cc1ccco1)Cc1cccs1. The third-order valence-electron chi connectivity index (χ3n) is 6.26. The van der Waals surface area contributed by atoms with E-state index in [1.54, 1.807) is 35.2 Å². The van der Waals surface area contributed by atoms with Gasteiger partial charge in [0.05, 0.1) is 24.9 Å². The fourth-order valence-electron chi connectivity index (χ4n) is 4.35. The Labute approximate surface area is 225 Å². The first-order valence-corrected chi connectivity index (χ1v) is 13.0. The van der Waals surface area contributed by atoms with Crippen molar-refractivity contribution in [3.8, 4) is 0 Å². The van der Waals surface area contributed by atoms with Crippen LogP contribution in [0.2, 0.25) is 0 Å².